The Morgan fingerprint density at radius 2 is 1.47 bits per heavy atom. The minimum atomic E-state index is -0.214. The molecule has 1 aliphatic rings. The molecule has 8 nitrogen and oxygen atoms in total. The number of carbonyl (C=O) groups excluding carboxylic acids is 2. The fourth-order valence-electron chi connectivity index (χ4n) is 6.67. The van der Waals surface area contributed by atoms with Crippen LogP contribution in [0.25, 0.3) is 16.6 Å². The maximum atomic E-state index is 13.4. The van der Waals surface area contributed by atoms with Crippen molar-refractivity contribution in [3.63, 3.8) is 0 Å². The van der Waals surface area contributed by atoms with E-state index in [2.05, 4.69) is 69.7 Å². The first-order chi connectivity index (χ1) is 23.8. The predicted molar refractivity (Wildman–Crippen MR) is 199 cm³/mol. The number of benzene rings is 4. The van der Waals surface area contributed by atoms with Gasteiger partial charge in [0, 0.05) is 46.8 Å². The Labute approximate surface area is 289 Å². The van der Waals surface area contributed by atoms with Crippen molar-refractivity contribution in [1.29, 1.82) is 0 Å². The summed E-state index contributed by atoms with van der Waals surface area (Å²) in [6.07, 6.45) is 7.90. The zero-order valence-corrected chi connectivity index (χ0v) is 29.0. The van der Waals surface area contributed by atoms with Crippen LogP contribution in [0.5, 0.6) is 11.5 Å². The number of urea groups is 1. The minimum absolute atomic E-state index is 0.154. The van der Waals surface area contributed by atoms with Crippen LogP contribution in [0.1, 0.15) is 73.0 Å². The minimum Gasteiger partial charge on any atom is -0.457 e. The van der Waals surface area contributed by atoms with Gasteiger partial charge in [-0.15, -0.1) is 0 Å². The van der Waals surface area contributed by atoms with Gasteiger partial charge in [-0.2, -0.15) is 0 Å². The van der Waals surface area contributed by atoms with Crippen LogP contribution in [0.4, 0.5) is 16.2 Å². The van der Waals surface area contributed by atoms with E-state index in [1.807, 2.05) is 74.5 Å². The SMILES string of the molecule is CCC(CC)NC(=O)Nc1ccc(Oc2cc(C)c(NC(=O)c3ccc(-n4cc(CN5CCCCC5)c5ccccc54)cc3)c(C)c2)cc1. The molecule has 3 amide bonds. The van der Waals surface area contributed by atoms with Gasteiger partial charge in [0.1, 0.15) is 11.5 Å². The number of piperidine rings is 1. The number of anilines is 2. The van der Waals surface area contributed by atoms with E-state index in [4.69, 9.17) is 4.74 Å². The van der Waals surface area contributed by atoms with Gasteiger partial charge in [0.25, 0.3) is 5.91 Å². The molecular weight excluding hydrogens is 610 g/mol. The van der Waals surface area contributed by atoms with E-state index in [9.17, 15) is 9.59 Å². The lowest BCUT2D eigenvalue weighted by atomic mass is 10.1. The lowest BCUT2D eigenvalue weighted by Crippen LogP contribution is -2.37. The molecule has 0 unspecified atom stereocenters. The number of hydrogen-bond acceptors (Lipinski definition) is 4. The highest BCUT2D eigenvalue weighted by Gasteiger charge is 2.17. The molecule has 1 aliphatic heterocycles. The highest BCUT2D eigenvalue weighted by atomic mass is 16.5. The second-order valence-corrected chi connectivity index (χ2v) is 13.0. The standard InChI is InChI=1S/C41H47N5O3/c1-5-32(6-2)42-41(48)43-33-16-20-35(21-17-33)49-36-24-28(3)39(29(4)25-36)44-40(47)30-14-18-34(19-15-30)46-27-31(26-45-22-10-7-11-23-45)37-12-8-9-13-38(37)46/h8-9,12-21,24-25,27,32H,5-7,10-11,22-23,26H2,1-4H3,(H,44,47)(H2,42,43,48). The molecule has 4 aromatic carbocycles. The van der Waals surface area contributed by atoms with E-state index >= 15 is 0 Å². The van der Waals surface area contributed by atoms with Crippen molar-refractivity contribution in [2.45, 2.75) is 72.4 Å². The van der Waals surface area contributed by atoms with Crippen LogP contribution in [0.15, 0.2) is 91.1 Å². The van der Waals surface area contributed by atoms with Crippen LogP contribution in [-0.4, -0.2) is 40.5 Å². The van der Waals surface area contributed by atoms with Crippen LogP contribution < -0.4 is 20.7 Å². The monoisotopic (exact) mass is 657 g/mol. The van der Waals surface area contributed by atoms with Gasteiger partial charge in [-0.25, -0.2) is 4.79 Å². The van der Waals surface area contributed by atoms with Crippen molar-refractivity contribution in [1.82, 2.24) is 14.8 Å². The van der Waals surface area contributed by atoms with Crippen molar-refractivity contribution in [3.05, 3.63) is 113 Å². The quantitative estimate of drug-likeness (QED) is 0.132. The number of ether oxygens (including phenoxy) is 1. The first-order valence-corrected chi connectivity index (χ1v) is 17.5. The van der Waals surface area contributed by atoms with E-state index in [1.165, 1.54) is 35.7 Å². The normalized spacial score (nSPS) is 13.4. The topological polar surface area (TPSA) is 87.6 Å². The van der Waals surface area contributed by atoms with Crippen molar-refractivity contribution >= 4 is 34.2 Å². The number of carbonyl (C=O) groups is 2. The molecular formula is C41H47N5O3. The molecule has 0 saturated carbocycles. The number of nitrogens with zero attached hydrogens (tertiary/aromatic N) is 2. The molecule has 2 heterocycles. The number of aromatic nitrogens is 1. The predicted octanol–water partition coefficient (Wildman–Crippen LogP) is 9.59. The number of fused-ring (bicyclic) bond motifs is 1. The van der Waals surface area contributed by atoms with E-state index in [-0.39, 0.29) is 18.0 Å². The summed E-state index contributed by atoms with van der Waals surface area (Å²) in [5, 5.41) is 10.2. The van der Waals surface area contributed by atoms with Crippen LogP contribution >= 0.6 is 0 Å². The number of rotatable bonds is 11. The Bertz CT molecular complexity index is 1880. The first-order valence-electron chi connectivity index (χ1n) is 17.5. The molecule has 5 aromatic rings. The molecule has 6 rings (SSSR count). The van der Waals surface area contributed by atoms with Gasteiger partial charge < -0.3 is 25.3 Å². The summed E-state index contributed by atoms with van der Waals surface area (Å²) in [4.78, 5) is 28.2. The average Bonchev–Trinajstić information content (AvgIpc) is 3.48. The second kappa shape index (κ2) is 15.4. The Hall–Kier alpha value is -5.08. The largest absolute Gasteiger partial charge is 0.457 e. The number of aryl methyl sites for hydroxylation is 2. The van der Waals surface area contributed by atoms with Gasteiger partial charge in [-0.05, 0) is 136 Å². The third-order valence-electron chi connectivity index (χ3n) is 9.46. The summed E-state index contributed by atoms with van der Waals surface area (Å²) in [5.74, 6) is 1.16. The number of likely N-dealkylation sites (tertiary alicyclic amines) is 1. The fraction of sp³-hybridized carbons (Fsp3) is 0.317. The molecule has 3 N–H and O–H groups in total. The Kier molecular flexibility index (Phi) is 10.6. The third kappa shape index (κ3) is 8.15. The molecule has 1 fully saturated rings. The molecule has 1 aromatic heterocycles. The summed E-state index contributed by atoms with van der Waals surface area (Å²) in [5.41, 5.74) is 7.39. The number of hydrogen-bond donors (Lipinski definition) is 3. The van der Waals surface area contributed by atoms with E-state index < -0.39 is 0 Å². The molecule has 49 heavy (non-hydrogen) atoms. The van der Waals surface area contributed by atoms with Gasteiger partial charge in [0.2, 0.25) is 0 Å². The molecule has 0 aliphatic carbocycles. The molecule has 0 spiro atoms. The Morgan fingerprint density at radius 1 is 0.796 bits per heavy atom. The summed E-state index contributed by atoms with van der Waals surface area (Å²) < 4.78 is 8.36. The number of nitrogens with one attached hydrogen (secondary N) is 3. The highest BCUT2D eigenvalue weighted by molar-refractivity contribution is 6.05. The van der Waals surface area contributed by atoms with E-state index in [0.29, 0.717) is 22.7 Å². The van der Waals surface area contributed by atoms with Crippen LogP contribution in [0, 0.1) is 13.8 Å². The van der Waals surface area contributed by atoms with Gasteiger partial charge >= 0.3 is 6.03 Å². The van der Waals surface area contributed by atoms with Gasteiger partial charge in [-0.3, -0.25) is 9.69 Å². The van der Waals surface area contributed by atoms with Gasteiger partial charge in [0.15, 0.2) is 0 Å². The molecule has 1 saturated heterocycles. The van der Waals surface area contributed by atoms with E-state index in [0.717, 1.165) is 55.0 Å². The summed E-state index contributed by atoms with van der Waals surface area (Å²) >= 11 is 0. The van der Waals surface area contributed by atoms with Crippen LogP contribution in [0.3, 0.4) is 0 Å². The molecule has 0 atom stereocenters. The van der Waals surface area contributed by atoms with Crippen molar-refractivity contribution in [2.75, 3.05) is 23.7 Å². The van der Waals surface area contributed by atoms with Crippen molar-refractivity contribution in [3.8, 4) is 17.2 Å². The van der Waals surface area contributed by atoms with Crippen LogP contribution in [-0.2, 0) is 6.54 Å². The van der Waals surface area contributed by atoms with Crippen molar-refractivity contribution in [2.24, 2.45) is 0 Å². The van der Waals surface area contributed by atoms with Gasteiger partial charge in [-0.1, -0.05) is 38.5 Å². The summed E-state index contributed by atoms with van der Waals surface area (Å²) in [6, 6.07) is 27.4. The zero-order valence-electron chi connectivity index (χ0n) is 29.0. The Morgan fingerprint density at radius 3 is 2.14 bits per heavy atom. The van der Waals surface area contributed by atoms with Crippen LogP contribution in [0.2, 0.25) is 0 Å². The first kappa shape index (κ1) is 33.8. The fourth-order valence-corrected chi connectivity index (χ4v) is 6.67. The Balaban J connectivity index is 1.10. The number of para-hydroxylation sites is 1. The highest BCUT2D eigenvalue weighted by Crippen LogP contribution is 2.31. The number of amides is 3. The molecule has 254 valence electrons. The molecule has 0 bridgehead atoms. The van der Waals surface area contributed by atoms with E-state index in [1.54, 1.807) is 0 Å². The molecule has 0 radical (unpaired) electrons. The third-order valence-corrected chi connectivity index (χ3v) is 9.46. The molecule has 8 heteroatoms. The maximum Gasteiger partial charge on any atom is 0.319 e. The van der Waals surface area contributed by atoms with Crippen molar-refractivity contribution < 1.29 is 14.3 Å². The second-order valence-electron chi connectivity index (χ2n) is 13.0. The zero-order chi connectivity index (χ0) is 34.3. The lowest BCUT2D eigenvalue weighted by molar-refractivity contribution is 0.102. The average molecular weight is 658 g/mol. The lowest BCUT2D eigenvalue weighted by Gasteiger charge is -2.26. The summed E-state index contributed by atoms with van der Waals surface area (Å²) in [6.45, 7) is 11.3. The van der Waals surface area contributed by atoms with Gasteiger partial charge in [0.05, 0.1) is 5.52 Å². The smallest absolute Gasteiger partial charge is 0.319 e. The summed E-state index contributed by atoms with van der Waals surface area (Å²) in [7, 11) is 0. The maximum absolute atomic E-state index is 13.4.